The fraction of sp³-hybridized carbons (Fsp3) is 1.00. The van der Waals surface area contributed by atoms with E-state index in [9.17, 15) is 4.21 Å². The molecule has 0 heterocycles. The Morgan fingerprint density at radius 1 is 1.18 bits per heavy atom. The number of rotatable bonds is 7. The predicted molar refractivity (Wildman–Crippen MR) is 48.8 cm³/mol. The maximum Gasteiger partial charge on any atom is 0.155 e. The van der Waals surface area contributed by atoms with E-state index in [0.29, 0.717) is 12.4 Å². The molecule has 2 nitrogen and oxygen atoms in total. The summed E-state index contributed by atoms with van der Waals surface area (Å²) in [6, 6.07) is 0. The van der Waals surface area contributed by atoms with Crippen LogP contribution in [0.4, 0.5) is 0 Å². The minimum absolute atomic E-state index is 0.556. The molecule has 0 aliphatic rings. The first-order chi connectivity index (χ1) is 5.31. The van der Waals surface area contributed by atoms with Gasteiger partial charge in [-0.15, -0.1) is 0 Å². The number of hydrogen-bond donors (Lipinski definition) is 0. The molecule has 0 fully saturated rings. The SMILES string of the molecule is CCCCCCS(=O)OCC. The lowest BCUT2D eigenvalue weighted by Gasteiger charge is -1.99. The van der Waals surface area contributed by atoms with E-state index in [0.717, 1.165) is 6.42 Å². The van der Waals surface area contributed by atoms with Gasteiger partial charge in [0.15, 0.2) is 11.1 Å². The fourth-order valence-corrected chi connectivity index (χ4v) is 1.66. The predicted octanol–water partition coefficient (Wildman–Crippen LogP) is 2.27. The molecule has 0 aromatic heterocycles. The van der Waals surface area contributed by atoms with Crippen molar-refractivity contribution in [3.63, 3.8) is 0 Å². The topological polar surface area (TPSA) is 26.3 Å². The molecule has 0 aromatic carbocycles. The lowest BCUT2D eigenvalue weighted by atomic mass is 10.2. The monoisotopic (exact) mass is 178 g/mol. The zero-order valence-electron chi connectivity index (χ0n) is 7.47. The highest BCUT2D eigenvalue weighted by molar-refractivity contribution is 7.80. The van der Waals surface area contributed by atoms with Crippen molar-refractivity contribution >= 4 is 11.1 Å². The molecule has 0 N–H and O–H groups in total. The fourth-order valence-electron chi connectivity index (χ4n) is 0.837. The lowest BCUT2D eigenvalue weighted by molar-refractivity contribution is 0.370. The normalized spacial score (nSPS) is 13.3. The molecule has 0 spiro atoms. The third-order valence-electron chi connectivity index (χ3n) is 1.41. The highest BCUT2D eigenvalue weighted by Crippen LogP contribution is 2.00. The Kier molecular flexibility index (Phi) is 8.29. The van der Waals surface area contributed by atoms with Crippen molar-refractivity contribution in [2.75, 3.05) is 12.4 Å². The summed E-state index contributed by atoms with van der Waals surface area (Å²) in [7, 11) is 0. The summed E-state index contributed by atoms with van der Waals surface area (Å²) in [6.07, 6.45) is 4.67. The number of hydrogen-bond acceptors (Lipinski definition) is 2. The van der Waals surface area contributed by atoms with Crippen LogP contribution in [0.25, 0.3) is 0 Å². The van der Waals surface area contributed by atoms with Gasteiger partial charge in [0.1, 0.15) is 0 Å². The highest BCUT2D eigenvalue weighted by Gasteiger charge is 1.96. The van der Waals surface area contributed by atoms with Crippen LogP contribution in [0, 0.1) is 0 Å². The summed E-state index contributed by atoms with van der Waals surface area (Å²) in [5.41, 5.74) is 0. The minimum Gasteiger partial charge on any atom is -0.291 e. The van der Waals surface area contributed by atoms with E-state index in [4.69, 9.17) is 4.18 Å². The summed E-state index contributed by atoms with van der Waals surface area (Å²) in [5.74, 6) is 0.702. The van der Waals surface area contributed by atoms with Gasteiger partial charge in [-0.25, -0.2) is 4.21 Å². The minimum atomic E-state index is -1.02. The average Bonchev–Trinajstić information content (AvgIpc) is 1.99. The van der Waals surface area contributed by atoms with E-state index in [2.05, 4.69) is 6.92 Å². The molecule has 68 valence electrons. The maximum atomic E-state index is 10.9. The molecule has 0 aromatic rings. The van der Waals surface area contributed by atoms with Gasteiger partial charge in [-0.05, 0) is 13.3 Å². The van der Waals surface area contributed by atoms with Crippen LogP contribution in [0.2, 0.25) is 0 Å². The Morgan fingerprint density at radius 3 is 2.45 bits per heavy atom. The second-order valence-electron chi connectivity index (χ2n) is 2.48. The first-order valence-electron chi connectivity index (χ1n) is 4.32. The molecule has 0 aliphatic carbocycles. The van der Waals surface area contributed by atoms with Crippen molar-refractivity contribution in [3.05, 3.63) is 0 Å². The van der Waals surface area contributed by atoms with Crippen LogP contribution in [0.15, 0.2) is 0 Å². The third kappa shape index (κ3) is 8.01. The molecule has 0 amide bonds. The maximum absolute atomic E-state index is 10.9. The van der Waals surface area contributed by atoms with Gasteiger partial charge < -0.3 is 0 Å². The summed E-state index contributed by atoms with van der Waals surface area (Å²) >= 11 is -1.02. The Hall–Kier alpha value is 0.110. The molecule has 0 radical (unpaired) electrons. The smallest absolute Gasteiger partial charge is 0.155 e. The summed E-state index contributed by atoms with van der Waals surface area (Å²) < 4.78 is 15.8. The molecule has 0 aliphatic heterocycles. The van der Waals surface area contributed by atoms with Gasteiger partial charge in [0.2, 0.25) is 0 Å². The van der Waals surface area contributed by atoms with Crippen LogP contribution in [0.3, 0.4) is 0 Å². The van der Waals surface area contributed by atoms with Gasteiger partial charge >= 0.3 is 0 Å². The molecule has 0 saturated heterocycles. The van der Waals surface area contributed by atoms with E-state index >= 15 is 0 Å². The largest absolute Gasteiger partial charge is 0.291 e. The molecule has 3 heteroatoms. The third-order valence-corrected chi connectivity index (χ3v) is 2.53. The van der Waals surface area contributed by atoms with Crippen LogP contribution in [-0.2, 0) is 15.3 Å². The van der Waals surface area contributed by atoms with Gasteiger partial charge in [-0.2, -0.15) is 0 Å². The molecule has 1 unspecified atom stereocenters. The standard InChI is InChI=1S/C8H18O2S/c1-3-5-6-7-8-11(9)10-4-2/h3-8H2,1-2H3. The van der Waals surface area contributed by atoms with Crippen molar-refractivity contribution in [2.24, 2.45) is 0 Å². The molecule has 0 rings (SSSR count). The molecular formula is C8H18O2S. The first-order valence-corrected chi connectivity index (χ1v) is 5.57. The van der Waals surface area contributed by atoms with E-state index in [1.807, 2.05) is 6.92 Å². The lowest BCUT2D eigenvalue weighted by Crippen LogP contribution is -2.01. The van der Waals surface area contributed by atoms with E-state index in [-0.39, 0.29) is 0 Å². The van der Waals surface area contributed by atoms with Crippen LogP contribution in [0.5, 0.6) is 0 Å². The van der Waals surface area contributed by atoms with Crippen LogP contribution in [0.1, 0.15) is 39.5 Å². The molecule has 11 heavy (non-hydrogen) atoms. The zero-order chi connectivity index (χ0) is 8.53. The second-order valence-corrected chi connectivity index (χ2v) is 3.73. The van der Waals surface area contributed by atoms with E-state index in [1.54, 1.807) is 0 Å². The molecule has 1 atom stereocenters. The van der Waals surface area contributed by atoms with Crippen molar-refractivity contribution in [3.8, 4) is 0 Å². The van der Waals surface area contributed by atoms with Crippen molar-refractivity contribution in [1.29, 1.82) is 0 Å². The number of unbranched alkanes of at least 4 members (excludes halogenated alkanes) is 3. The second kappa shape index (κ2) is 8.21. The Bertz CT molecular complexity index is 104. The summed E-state index contributed by atoms with van der Waals surface area (Å²) in [5, 5.41) is 0. The molecule has 0 bridgehead atoms. The Balaban J connectivity index is 3.04. The van der Waals surface area contributed by atoms with Crippen LogP contribution >= 0.6 is 0 Å². The van der Waals surface area contributed by atoms with E-state index in [1.165, 1.54) is 19.3 Å². The Labute approximate surface area is 72.0 Å². The van der Waals surface area contributed by atoms with Crippen LogP contribution < -0.4 is 0 Å². The quantitative estimate of drug-likeness (QED) is 0.559. The van der Waals surface area contributed by atoms with Gasteiger partial charge in [0.05, 0.1) is 6.61 Å². The molecule has 0 saturated carbocycles. The van der Waals surface area contributed by atoms with Crippen molar-refractivity contribution in [2.45, 2.75) is 39.5 Å². The zero-order valence-corrected chi connectivity index (χ0v) is 8.28. The van der Waals surface area contributed by atoms with Crippen molar-refractivity contribution in [1.82, 2.24) is 0 Å². The summed E-state index contributed by atoms with van der Waals surface area (Å²) in [4.78, 5) is 0. The van der Waals surface area contributed by atoms with Gasteiger partial charge in [0, 0.05) is 5.75 Å². The highest BCUT2D eigenvalue weighted by atomic mass is 32.2. The van der Waals surface area contributed by atoms with Crippen LogP contribution in [-0.4, -0.2) is 16.6 Å². The average molecular weight is 178 g/mol. The van der Waals surface area contributed by atoms with Gasteiger partial charge in [0.25, 0.3) is 0 Å². The van der Waals surface area contributed by atoms with E-state index < -0.39 is 11.1 Å². The Morgan fingerprint density at radius 2 is 1.91 bits per heavy atom. The molecular weight excluding hydrogens is 160 g/mol. The van der Waals surface area contributed by atoms with Gasteiger partial charge in [-0.1, -0.05) is 26.2 Å². The van der Waals surface area contributed by atoms with Crippen molar-refractivity contribution < 1.29 is 8.39 Å². The first kappa shape index (κ1) is 11.1. The van der Waals surface area contributed by atoms with Gasteiger partial charge in [-0.3, -0.25) is 4.18 Å². The summed E-state index contributed by atoms with van der Waals surface area (Å²) in [6.45, 7) is 4.59.